The van der Waals surface area contributed by atoms with Gasteiger partial charge in [-0.2, -0.15) is 0 Å². The van der Waals surface area contributed by atoms with Gasteiger partial charge in [0.05, 0.1) is 11.4 Å². The van der Waals surface area contributed by atoms with E-state index in [1.54, 1.807) is 6.08 Å². The maximum absolute atomic E-state index is 7.60. The van der Waals surface area contributed by atoms with E-state index in [0.29, 0.717) is 5.71 Å². The van der Waals surface area contributed by atoms with Gasteiger partial charge in [-0.05, 0) is 74.0 Å². The van der Waals surface area contributed by atoms with E-state index in [2.05, 4.69) is 79.4 Å². The Balaban J connectivity index is 0.000000192. The first-order chi connectivity index (χ1) is 16.4. The standard InChI is InChI=1S/C20H20N2.C10H8N2/c1-15-3-9-18(10-4-15)22(19-11-5-16(2)6-12-19)20-13-7-17(21)8-14-20;11-9-6-5-7-3-1-2-4-8(7)10(9)12/h3-14H,21H2,1-2H3;1-6,11-12H. The molecule has 5 rings (SSSR count). The fourth-order valence-corrected chi connectivity index (χ4v) is 3.73. The second-order valence-corrected chi connectivity index (χ2v) is 8.31. The molecular weight excluding hydrogens is 416 g/mol. The Hall–Kier alpha value is -4.44. The van der Waals surface area contributed by atoms with E-state index in [1.807, 2.05) is 42.5 Å². The molecule has 0 saturated heterocycles. The topological polar surface area (TPSA) is 77.0 Å². The van der Waals surface area contributed by atoms with Crippen LogP contribution >= 0.6 is 0 Å². The van der Waals surface area contributed by atoms with Gasteiger partial charge < -0.3 is 10.6 Å². The molecule has 0 bridgehead atoms. The van der Waals surface area contributed by atoms with Crippen molar-refractivity contribution in [2.45, 2.75) is 13.8 Å². The number of rotatable bonds is 3. The van der Waals surface area contributed by atoms with Gasteiger partial charge in [0.25, 0.3) is 0 Å². The van der Waals surface area contributed by atoms with Gasteiger partial charge in [-0.3, -0.25) is 10.8 Å². The maximum Gasteiger partial charge on any atom is 0.0867 e. The quantitative estimate of drug-likeness (QED) is 0.287. The zero-order valence-electron chi connectivity index (χ0n) is 19.4. The molecule has 34 heavy (non-hydrogen) atoms. The summed E-state index contributed by atoms with van der Waals surface area (Å²) in [5.41, 5.74) is 15.0. The van der Waals surface area contributed by atoms with E-state index in [4.69, 9.17) is 16.6 Å². The van der Waals surface area contributed by atoms with E-state index in [9.17, 15) is 0 Å². The van der Waals surface area contributed by atoms with E-state index >= 15 is 0 Å². The Morgan fingerprint density at radius 3 is 1.59 bits per heavy atom. The van der Waals surface area contributed by atoms with Crippen molar-refractivity contribution in [2.75, 3.05) is 10.6 Å². The molecule has 0 heterocycles. The normalized spacial score (nSPS) is 11.9. The van der Waals surface area contributed by atoms with E-state index in [0.717, 1.165) is 33.9 Å². The van der Waals surface area contributed by atoms with Crippen molar-refractivity contribution in [2.24, 2.45) is 0 Å². The van der Waals surface area contributed by atoms with Gasteiger partial charge in [0, 0.05) is 28.3 Å². The van der Waals surface area contributed by atoms with Gasteiger partial charge in [-0.1, -0.05) is 65.7 Å². The molecule has 0 amide bonds. The van der Waals surface area contributed by atoms with E-state index in [1.165, 1.54) is 11.1 Å². The summed E-state index contributed by atoms with van der Waals surface area (Å²) in [6.07, 6.45) is 3.53. The number of hydrogen-bond acceptors (Lipinski definition) is 4. The number of nitrogens with one attached hydrogen (secondary N) is 2. The molecule has 0 spiro atoms. The van der Waals surface area contributed by atoms with Crippen LogP contribution in [-0.2, 0) is 0 Å². The lowest BCUT2D eigenvalue weighted by molar-refractivity contribution is 1.27. The third-order valence-electron chi connectivity index (χ3n) is 5.66. The molecule has 0 radical (unpaired) electrons. The van der Waals surface area contributed by atoms with Crippen LogP contribution in [0.2, 0.25) is 0 Å². The summed E-state index contributed by atoms with van der Waals surface area (Å²) >= 11 is 0. The number of allylic oxidation sites excluding steroid dienone is 1. The first-order valence-corrected chi connectivity index (χ1v) is 11.2. The van der Waals surface area contributed by atoms with Crippen LogP contribution in [0, 0.1) is 24.7 Å². The SMILES string of the molecule is Cc1ccc(N(c2ccc(C)cc2)c2ccc(N)cc2)cc1.N=C1C=Cc2ccccc2C1=N. The highest BCUT2D eigenvalue weighted by Gasteiger charge is 2.13. The number of fused-ring (bicyclic) bond motifs is 1. The molecule has 168 valence electrons. The van der Waals surface area contributed by atoms with Crippen molar-refractivity contribution >= 4 is 40.2 Å². The highest BCUT2D eigenvalue weighted by Crippen LogP contribution is 2.34. The number of nitrogens with two attached hydrogens (primary N) is 1. The van der Waals surface area contributed by atoms with Crippen molar-refractivity contribution < 1.29 is 0 Å². The molecule has 0 aliphatic heterocycles. The summed E-state index contributed by atoms with van der Waals surface area (Å²) in [5, 5.41) is 15.0. The van der Waals surface area contributed by atoms with Gasteiger partial charge in [-0.25, -0.2) is 0 Å². The molecule has 0 saturated carbocycles. The van der Waals surface area contributed by atoms with Crippen molar-refractivity contribution in [3.05, 3.63) is 125 Å². The summed E-state index contributed by atoms with van der Waals surface area (Å²) in [4.78, 5) is 2.23. The van der Waals surface area contributed by atoms with Gasteiger partial charge in [0.1, 0.15) is 0 Å². The first-order valence-electron chi connectivity index (χ1n) is 11.2. The number of benzene rings is 4. The Kier molecular flexibility index (Phi) is 6.69. The van der Waals surface area contributed by atoms with Crippen LogP contribution in [0.15, 0.2) is 103 Å². The molecule has 0 atom stereocenters. The summed E-state index contributed by atoms with van der Waals surface area (Å²) in [7, 11) is 0. The number of aryl methyl sites for hydroxylation is 2. The predicted molar refractivity (Wildman–Crippen MR) is 145 cm³/mol. The van der Waals surface area contributed by atoms with E-state index < -0.39 is 0 Å². The molecule has 4 aromatic rings. The van der Waals surface area contributed by atoms with Gasteiger partial charge in [0.2, 0.25) is 0 Å². The number of nitrogens with zero attached hydrogens (tertiary/aromatic N) is 1. The summed E-state index contributed by atoms with van der Waals surface area (Å²) in [6, 6.07) is 32.7. The highest BCUT2D eigenvalue weighted by molar-refractivity contribution is 6.52. The van der Waals surface area contributed by atoms with Crippen LogP contribution < -0.4 is 10.6 Å². The second-order valence-electron chi connectivity index (χ2n) is 8.31. The summed E-state index contributed by atoms with van der Waals surface area (Å²) in [5.74, 6) is 0. The smallest absolute Gasteiger partial charge is 0.0867 e. The lowest BCUT2D eigenvalue weighted by Crippen LogP contribution is -2.15. The molecule has 4 N–H and O–H groups in total. The van der Waals surface area contributed by atoms with Crippen LogP contribution in [0.3, 0.4) is 0 Å². The largest absolute Gasteiger partial charge is 0.399 e. The van der Waals surface area contributed by atoms with Gasteiger partial charge >= 0.3 is 0 Å². The molecule has 0 aromatic heterocycles. The molecule has 1 aliphatic rings. The van der Waals surface area contributed by atoms with Crippen LogP contribution in [-0.4, -0.2) is 11.4 Å². The molecule has 4 aromatic carbocycles. The monoisotopic (exact) mass is 444 g/mol. The zero-order valence-corrected chi connectivity index (χ0v) is 19.4. The Labute approximate surface area is 201 Å². The number of hydrogen-bond donors (Lipinski definition) is 3. The average molecular weight is 445 g/mol. The van der Waals surface area contributed by atoms with Crippen molar-refractivity contribution in [3.63, 3.8) is 0 Å². The van der Waals surface area contributed by atoms with E-state index in [-0.39, 0.29) is 5.71 Å². The number of anilines is 4. The summed E-state index contributed by atoms with van der Waals surface area (Å²) < 4.78 is 0. The average Bonchev–Trinajstić information content (AvgIpc) is 2.86. The van der Waals surface area contributed by atoms with Gasteiger partial charge in [0.15, 0.2) is 0 Å². The Morgan fingerprint density at radius 2 is 1.06 bits per heavy atom. The fraction of sp³-hybridized carbons (Fsp3) is 0.0667. The van der Waals surface area contributed by atoms with Crippen molar-refractivity contribution in [3.8, 4) is 0 Å². The highest BCUT2D eigenvalue weighted by atomic mass is 15.1. The zero-order chi connectivity index (χ0) is 24.1. The van der Waals surface area contributed by atoms with Crippen molar-refractivity contribution in [1.82, 2.24) is 0 Å². The number of nitrogen functional groups attached to an aromatic ring is 1. The van der Waals surface area contributed by atoms with Crippen molar-refractivity contribution in [1.29, 1.82) is 10.8 Å². The molecule has 4 heteroatoms. The maximum atomic E-state index is 7.60. The Morgan fingerprint density at radius 1 is 0.588 bits per heavy atom. The van der Waals surface area contributed by atoms with Crippen LogP contribution in [0.5, 0.6) is 0 Å². The molecule has 4 nitrogen and oxygen atoms in total. The molecule has 0 unspecified atom stereocenters. The fourth-order valence-electron chi connectivity index (χ4n) is 3.73. The lowest BCUT2D eigenvalue weighted by atomic mass is 9.94. The predicted octanol–water partition coefficient (Wildman–Crippen LogP) is 7.46. The minimum atomic E-state index is 0.286. The van der Waals surface area contributed by atoms with Gasteiger partial charge in [-0.15, -0.1) is 0 Å². The second kappa shape index (κ2) is 10.0. The Bertz CT molecular complexity index is 1220. The molecule has 1 aliphatic carbocycles. The third-order valence-corrected chi connectivity index (χ3v) is 5.66. The van der Waals surface area contributed by atoms with Crippen LogP contribution in [0.4, 0.5) is 22.7 Å². The summed E-state index contributed by atoms with van der Waals surface area (Å²) in [6.45, 7) is 4.20. The lowest BCUT2D eigenvalue weighted by Gasteiger charge is -2.25. The first kappa shape index (κ1) is 22.7. The molecular formula is C30H28N4. The van der Waals surface area contributed by atoms with Crippen LogP contribution in [0.25, 0.3) is 6.08 Å². The van der Waals surface area contributed by atoms with Crippen LogP contribution in [0.1, 0.15) is 22.3 Å². The molecule has 0 fully saturated rings. The minimum absolute atomic E-state index is 0.286. The third kappa shape index (κ3) is 5.13. The minimum Gasteiger partial charge on any atom is -0.399 e.